The summed E-state index contributed by atoms with van der Waals surface area (Å²) in [7, 11) is 0. The topological polar surface area (TPSA) is 67.4 Å². The molecule has 2 N–H and O–H groups in total. The number of halogens is 1. The molecule has 1 aliphatic carbocycles. The van der Waals surface area contributed by atoms with Crippen LogP contribution in [-0.2, 0) is 16.1 Å². The van der Waals surface area contributed by atoms with Gasteiger partial charge in [0.25, 0.3) is 5.91 Å². The van der Waals surface area contributed by atoms with Gasteiger partial charge >= 0.3 is 0 Å². The molecule has 1 heterocycles. The number of hydrogen-bond donors (Lipinski definition) is 2. The predicted molar refractivity (Wildman–Crippen MR) is 114 cm³/mol. The lowest BCUT2D eigenvalue weighted by atomic mass is 10.1. The van der Waals surface area contributed by atoms with Crippen LogP contribution in [0.5, 0.6) is 5.75 Å². The average molecular weight is 411 g/mol. The number of hydrogen-bond acceptors (Lipinski definition) is 3. The Kier molecular flexibility index (Phi) is 5.86. The third kappa shape index (κ3) is 4.80. The molecule has 1 fully saturated rings. The van der Waals surface area contributed by atoms with E-state index in [1.807, 2.05) is 24.3 Å². The molecule has 2 aromatic rings. The van der Waals surface area contributed by atoms with Crippen LogP contribution in [0.25, 0.3) is 6.08 Å². The zero-order valence-electron chi connectivity index (χ0n) is 16.0. The van der Waals surface area contributed by atoms with E-state index in [-0.39, 0.29) is 24.3 Å². The minimum absolute atomic E-state index is 0.0884. The summed E-state index contributed by atoms with van der Waals surface area (Å²) in [5.74, 6) is 0.742. The number of amides is 2. The monoisotopic (exact) mass is 410 g/mol. The highest BCUT2D eigenvalue weighted by Gasteiger charge is 2.22. The van der Waals surface area contributed by atoms with Crippen LogP contribution in [0.3, 0.4) is 0 Å². The average Bonchev–Trinajstić information content (AvgIpc) is 3.27. The summed E-state index contributed by atoms with van der Waals surface area (Å²) in [5.41, 5.74) is 3.02. The van der Waals surface area contributed by atoms with Crippen molar-refractivity contribution in [3.8, 4) is 5.75 Å². The van der Waals surface area contributed by atoms with Crippen molar-refractivity contribution in [2.24, 2.45) is 5.92 Å². The van der Waals surface area contributed by atoms with Crippen molar-refractivity contribution in [2.45, 2.75) is 32.2 Å². The molecular weight excluding hydrogens is 388 g/mol. The van der Waals surface area contributed by atoms with Gasteiger partial charge in [-0.15, -0.1) is 0 Å². The van der Waals surface area contributed by atoms with Crippen molar-refractivity contribution >= 4 is 35.2 Å². The molecule has 0 aromatic heterocycles. The van der Waals surface area contributed by atoms with Crippen LogP contribution in [0.15, 0.2) is 48.0 Å². The zero-order valence-corrected chi connectivity index (χ0v) is 16.8. The molecular formula is C23H23ClN2O3. The van der Waals surface area contributed by atoms with Crippen LogP contribution in [0, 0.1) is 5.92 Å². The van der Waals surface area contributed by atoms with E-state index in [9.17, 15) is 9.59 Å². The molecule has 29 heavy (non-hydrogen) atoms. The summed E-state index contributed by atoms with van der Waals surface area (Å²) in [6.07, 6.45) is 5.99. The Hall–Kier alpha value is -2.79. The second-order valence-corrected chi connectivity index (χ2v) is 7.93. The normalized spacial score (nSPS) is 15.8. The number of carbonyl (C=O) groups excluding carboxylic acids is 2. The molecule has 1 saturated carbocycles. The summed E-state index contributed by atoms with van der Waals surface area (Å²) in [4.78, 5) is 24.9. The lowest BCUT2D eigenvalue weighted by molar-refractivity contribution is -0.120. The highest BCUT2D eigenvalue weighted by atomic mass is 35.5. The van der Waals surface area contributed by atoms with Crippen LogP contribution < -0.4 is 15.4 Å². The summed E-state index contributed by atoms with van der Waals surface area (Å²) >= 11 is 6.02. The second kappa shape index (κ2) is 8.70. The Morgan fingerprint density at radius 3 is 2.76 bits per heavy atom. The number of rotatable bonds is 5. The summed E-state index contributed by atoms with van der Waals surface area (Å²) in [5, 5.41) is 6.51. The van der Waals surface area contributed by atoms with Crippen LogP contribution >= 0.6 is 11.6 Å². The van der Waals surface area contributed by atoms with Gasteiger partial charge in [-0.3, -0.25) is 9.59 Å². The maximum absolute atomic E-state index is 12.5. The number of benzene rings is 2. The van der Waals surface area contributed by atoms with Crippen LogP contribution in [0.1, 0.15) is 36.8 Å². The Labute approximate surface area is 175 Å². The molecule has 1 aliphatic heterocycles. The fourth-order valence-corrected chi connectivity index (χ4v) is 3.95. The van der Waals surface area contributed by atoms with Crippen LogP contribution in [-0.4, -0.2) is 18.4 Å². The van der Waals surface area contributed by atoms with Crippen molar-refractivity contribution in [3.05, 3.63) is 64.2 Å². The smallest absolute Gasteiger partial charge is 0.250 e. The first kappa shape index (κ1) is 19.5. The standard InChI is InChI=1S/C23H23ClN2O3/c24-19-8-9-21-17(12-19)11-18(14-29-21)22(27)25-13-15-4-3-7-20(10-15)26-23(28)16-5-1-2-6-16/h3-4,7-12,16H,1-2,5-6,13-14H2,(H,25,27)(H,26,28). The van der Waals surface area contributed by atoms with Crippen molar-refractivity contribution < 1.29 is 14.3 Å². The third-order valence-electron chi connectivity index (χ3n) is 5.35. The lowest BCUT2D eigenvalue weighted by Gasteiger charge is -2.18. The number of anilines is 1. The zero-order chi connectivity index (χ0) is 20.2. The van der Waals surface area contributed by atoms with Crippen molar-refractivity contribution in [2.75, 3.05) is 11.9 Å². The van der Waals surface area contributed by atoms with E-state index in [0.29, 0.717) is 17.1 Å². The van der Waals surface area contributed by atoms with Gasteiger partial charge in [-0.1, -0.05) is 36.6 Å². The van der Waals surface area contributed by atoms with Crippen molar-refractivity contribution in [1.29, 1.82) is 0 Å². The van der Waals surface area contributed by atoms with Gasteiger partial charge in [-0.05, 0) is 54.8 Å². The molecule has 0 bridgehead atoms. The number of nitrogens with one attached hydrogen (secondary N) is 2. The van der Waals surface area contributed by atoms with Crippen molar-refractivity contribution in [3.63, 3.8) is 0 Å². The van der Waals surface area contributed by atoms with E-state index in [1.165, 1.54) is 0 Å². The first-order valence-electron chi connectivity index (χ1n) is 9.89. The molecule has 0 radical (unpaired) electrons. The Balaban J connectivity index is 1.36. The Bertz CT molecular complexity index is 964. The van der Waals surface area contributed by atoms with Gasteiger partial charge in [0.15, 0.2) is 0 Å². The van der Waals surface area contributed by atoms with E-state index >= 15 is 0 Å². The minimum atomic E-state index is -0.184. The molecule has 2 aliphatic rings. The van der Waals surface area contributed by atoms with E-state index < -0.39 is 0 Å². The predicted octanol–water partition coefficient (Wildman–Crippen LogP) is 4.56. The van der Waals surface area contributed by atoms with Crippen LogP contribution in [0.4, 0.5) is 5.69 Å². The molecule has 4 rings (SSSR count). The quantitative estimate of drug-likeness (QED) is 0.759. The van der Waals surface area contributed by atoms with Gasteiger partial charge in [-0.25, -0.2) is 0 Å². The molecule has 2 aromatic carbocycles. The van der Waals surface area contributed by atoms with E-state index in [1.54, 1.807) is 24.3 Å². The van der Waals surface area contributed by atoms with Crippen LogP contribution in [0.2, 0.25) is 5.02 Å². The van der Waals surface area contributed by atoms with Gasteiger partial charge in [-0.2, -0.15) is 0 Å². The van der Waals surface area contributed by atoms with Gasteiger partial charge in [0.05, 0.1) is 5.57 Å². The SMILES string of the molecule is O=C(NCc1cccc(NC(=O)C2CCCC2)c1)C1=Cc2cc(Cl)ccc2OC1. The lowest BCUT2D eigenvalue weighted by Crippen LogP contribution is -2.28. The fourth-order valence-electron chi connectivity index (χ4n) is 3.77. The molecule has 0 saturated heterocycles. The van der Waals surface area contributed by atoms with E-state index in [0.717, 1.165) is 48.2 Å². The third-order valence-corrected chi connectivity index (χ3v) is 5.59. The molecule has 150 valence electrons. The van der Waals surface area contributed by atoms with Gasteiger partial charge in [0.1, 0.15) is 12.4 Å². The molecule has 0 spiro atoms. The molecule has 0 unspecified atom stereocenters. The van der Waals surface area contributed by atoms with Crippen molar-refractivity contribution in [1.82, 2.24) is 5.32 Å². The summed E-state index contributed by atoms with van der Waals surface area (Å²) in [6, 6.07) is 12.9. The first-order valence-corrected chi connectivity index (χ1v) is 10.3. The Morgan fingerprint density at radius 2 is 1.93 bits per heavy atom. The van der Waals surface area contributed by atoms with Gasteiger partial charge < -0.3 is 15.4 Å². The minimum Gasteiger partial charge on any atom is -0.488 e. The maximum Gasteiger partial charge on any atom is 0.250 e. The molecule has 2 amide bonds. The summed E-state index contributed by atoms with van der Waals surface area (Å²) < 4.78 is 5.64. The fraction of sp³-hybridized carbons (Fsp3) is 0.304. The number of carbonyl (C=O) groups is 2. The molecule has 5 nitrogen and oxygen atoms in total. The van der Waals surface area contributed by atoms with E-state index in [2.05, 4.69) is 10.6 Å². The Morgan fingerprint density at radius 1 is 1.10 bits per heavy atom. The molecule has 6 heteroatoms. The largest absolute Gasteiger partial charge is 0.488 e. The number of ether oxygens (including phenoxy) is 1. The second-order valence-electron chi connectivity index (χ2n) is 7.49. The first-order chi connectivity index (χ1) is 14.1. The van der Waals surface area contributed by atoms with Gasteiger partial charge in [0.2, 0.25) is 5.91 Å². The maximum atomic E-state index is 12.5. The number of fused-ring (bicyclic) bond motifs is 1. The van der Waals surface area contributed by atoms with Gasteiger partial charge in [0, 0.05) is 28.7 Å². The highest BCUT2D eigenvalue weighted by molar-refractivity contribution is 6.30. The summed E-state index contributed by atoms with van der Waals surface area (Å²) in [6.45, 7) is 0.587. The highest BCUT2D eigenvalue weighted by Crippen LogP contribution is 2.29. The van der Waals surface area contributed by atoms with E-state index in [4.69, 9.17) is 16.3 Å². The molecule has 0 atom stereocenters.